The SMILES string of the molecule is CCCCOC(=O)[C@H]1O[C@@H](Oc2c(-c3ccc(O)c(O)c3)oc3cc(O)cc(O)c3c2=O)[C@H](O)[C@@H](O)[C@@H]1O. The van der Waals surface area contributed by atoms with Crippen LogP contribution in [0.5, 0.6) is 28.7 Å². The van der Waals surface area contributed by atoms with Gasteiger partial charge in [-0.1, -0.05) is 13.3 Å². The molecule has 204 valence electrons. The molecule has 13 heteroatoms. The largest absolute Gasteiger partial charge is 0.508 e. The molecule has 1 aliphatic rings. The minimum atomic E-state index is -1.96. The molecule has 1 aromatic heterocycles. The number of hydrogen-bond acceptors (Lipinski definition) is 13. The topological polar surface area (TPSA) is 217 Å². The maximum atomic E-state index is 13.4. The van der Waals surface area contributed by atoms with Crippen LogP contribution in [-0.4, -0.2) is 79.0 Å². The lowest BCUT2D eigenvalue weighted by atomic mass is 9.99. The number of aliphatic hydroxyl groups is 3. The Morgan fingerprint density at radius 1 is 0.947 bits per heavy atom. The van der Waals surface area contributed by atoms with E-state index in [1.165, 1.54) is 6.07 Å². The van der Waals surface area contributed by atoms with E-state index in [0.29, 0.717) is 12.8 Å². The molecule has 13 nitrogen and oxygen atoms in total. The van der Waals surface area contributed by atoms with Crippen molar-refractivity contribution in [1.82, 2.24) is 0 Å². The summed E-state index contributed by atoms with van der Waals surface area (Å²) in [4.78, 5) is 25.9. The van der Waals surface area contributed by atoms with E-state index in [2.05, 4.69) is 0 Å². The maximum Gasteiger partial charge on any atom is 0.338 e. The first kappa shape index (κ1) is 27.0. The molecule has 0 aliphatic carbocycles. The van der Waals surface area contributed by atoms with E-state index in [-0.39, 0.29) is 23.5 Å². The highest BCUT2D eigenvalue weighted by Crippen LogP contribution is 2.39. The summed E-state index contributed by atoms with van der Waals surface area (Å²) in [5.74, 6) is -4.28. The van der Waals surface area contributed by atoms with E-state index in [0.717, 1.165) is 24.3 Å². The number of esters is 1. The van der Waals surface area contributed by atoms with Gasteiger partial charge in [-0.25, -0.2) is 4.79 Å². The zero-order valence-corrected chi connectivity index (χ0v) is 20.0. The summed E-state index contributed by atoms with van der Waals surface area (Å²) in [6, 6.07) is 5.29. The van der Waals surface area contributed by atoms with Gasteiger partial charge >= 0.3 is 5.97 Å². The second-order valence-corrected chi connectivity index (χ2v) is 8.67. The number of rotatable bonds is 7. The number of phenols is 4. The Balaban J connectivity index is 1.80. The molecule has 5 atom stereocenters. The number of benzene rings is 2. The lowest BCUT2D eigenvalue weighted by Crippen LogP contribution is -2.61. The van der Waals surface area contributed by atoms with Crippen LogP contribution in [0.15, 0.2) is 39.5 Å². The minimum absolute atomic E-state index is 0.0148. The molecule has 0 spiro atoms. The minimum Gasteiger partial charge on any atom is -0.508 e. The molecule has 1 saturated heterocycles. The third-order valence-corrected chi connectivity index (χ3v) is 5.93. The van der Waals surface area contributed by atoms with Gasteiger partial charge in [0.15, 0.2) is 23.4 Å². The van der Waals surface area contributed by atoms with Crippen molar-refractivity contribution in [1.29, 1.82) is 0 Å². The fourth-order valence-corrected chi connectivity index (χ4v) is 3.89. The second-order valence-electron chi connectivity index (χ2n) is 8.67. The highest BCUT2D eigenvalue weighted by atomic mass is 16.7. The molecular weight excluding hydrogens is 508 g/mol. The number of aliphatic hydroxyl groups excluding tert-OH is 3. The standard InChI is InChI=1S/C25H26O13/c1-2-3-6-35-24(34)23-19(32)18(31)20(33)25(38-23)37-22-17(30)16-14(29)8-11(26)9-15(16)36-21(22)10-4-5-12(27)13(28)7-10/h4-5,7-9,18-20,23,25-29,31-33H,2-3,6H2,1H3/t18-,19-,20+,23-,25+/m0/s1. The van der Waals surface area contributed by atoms with Gasteiger partial charge in [0, 0.05) is 17.7 Å². The van der Waals surface area contributed by atoms with E-state index < -0.39 is 76.2 Å². The van der Waals surface area contributed by atoms with Crippen molar-refractivity contribution >= 4 is 16.9 Å². The number of ether oxygens (including phenoxy) is 3. The summed E-state index contributed by atoms with van der Waals surface area (Å²) in [5.41, 5.74) is -1.30. The number of aromatic hydroxyl groups is 4. The Labute approximate surface area is 214 Å². The maximum absolute atomic E-state index is 13.4. The van der Waals surface area contributed by atoms with Crippen LogP contribution in [-0.2, 0) is 14.3 Å². The third kappa shape index (κ3) is 5.04. The van der Waals surface area contributed by atoms with Crippen molar-refractivity contribution in [3.63, 3.8) is 0 Å². The van der Waals surface area contributed by atoms with Crippen molar-refractivity contribution in [3.8, 4) is 40.1 Å². The molecule has 0 amide bonds. The number of fused-ring (bicyclic) bond motifs is 1. The lowest BCUT2D eigenvalue weighted by Gasteiger charge is -2.39. The van der Waals surface area contributed by atoms with Crippen LogP contribution in [0.2, 0.25) is 0 Å². The Morgan fingerprint density at radius 3 is 2.37 bits per heavy atom. The summed E-state index contributed by atoms with van der Waals surface area (Å²) in [6.07, 6.45) is -8.25. The Morgan fingerprint density at radius 2 is 1.68 bits per heavy atom. The van der Waals surface area contributed by atoms with Crippen LogP contribution in [0.25, 0.3) is 22.3 Å². The number of carbonyl (C=O) groups is 1. The Hall–Kier alpha value is -4.04. The smallest absolute Gasteiger partial charge is 0.338 e. The van der Waals surface area contributed by atoms with Crippen LogP contribution in [0.4, 0.5) is 0 Å². The molecular formula is C25H26O13. The molecule has 4 rings (SSSR count). The van der Waals surface area contributed by atoms with Gasteiger partial charge in [0.1, 0.15) is 40.8 Å². The van der Waals surface area contributed by atoms with Gasteiger partial charge in [0.25, 0.3) is 0 Å². The van der Waals surface area contributed by atoms with E-state index in [1.807, 2.05) is 6.92 Å². The molecule has 0 unspecified atom stereocenters. The van der Waals surface area contributed by atoms with Gasteiger partial charge in [-0.15, -0.1) is 0 Å². The average Bonchev–Trinajstić information content (AvgIpc) is 2.86. The fourth-order valence-electron chi connectivity index (χ4n) is 3.89. The first-order valence-corrected chi connectivity index (χ1v) is 11.6. The summed E-state index contributed by atoms with van der Waals surface area (Å²) < 4.78 is 21.7. The quantitative estimate of drug-likeness (QED) is 0.127. The van der Waals surface area contributed by atoms with E-state index in [4.69, 9.17) is 18.6 Å². The number of phenolic OH excluding ortho intramolecular Hbond substituents is 4. The van der Waals surface area contributed by atoms with Crippen molar-refractivity contribution in [3.05, 3.63) is 40.6 Å². The van der Waals surface area contributed by atoms with Crippen LogP contribution in [0.3, 0.4) is 0 Å². The van der Waals surface area contributed by atoms with Crippen LogP contribution in [0.1, 0.15) is 19.8 Å². The number of unbranched alkanes of at least 4 members (excludes halogenated alkanes) is 1. The molecule has 3 aromatic rings. The zero-order valence-electron chi connectivity index (χ0n) is 20.0. The first-order valence-electron chi connectivity index (χ1n) is 11.6. The summed E-state index contributed by atoms with van der Waals surface area (Å²) in [7, 11) is 0. The summed E-state index contributed by atoms with van der Waals surface area (Å²) in [5, 5.41) is 70.5. The highest BCUT2D eigenvalue weighted by Gasteiger charge is 2.49. The highest BCUT2D eigenvalue weighted by molar-refractivity contribution is 5.88. The molecule has 1 aliphatic heterocycles. The van der Waals surface area contributed by atoms with Gasteiger partial charge in [-0.3, -0.25) is 4.79 Å². The predicted octanol–water partition coefficient (Wildman–Crippen LogP) is 0.812. The van der Waals surface area contributed by atoms with Gasteiger partial charge in [-0.05, 0) is 24.6 Å². The first-order chi connectivity index (χ1) is 18.0. The fraction of sp³-hybridized carbons (Fsp3) is 0.360. The van der Waals surface area contributed by atoms with Gasteiger partial charge in [0.05, 0.1) is 6.61 Å². The van der Waals surface area contributed by atoms with Crippen molar-refractivity contribution < 1.29 is 59.2 Å². The molecule has 38 heavy (non-hydrogen) atoms. The predicted molar refractivity (Wildman–Crippen MR) is 128 cm³/mol. The normalized spacial score (nSPS) is 23.3. The number of hydrogen-bond donors (Lipinski definition) is 7. The molecule has 0 bridgehead atoms. The van der Waals surface area contributed by atoms with Gasteiger partial charge in [-0.2, -0.15) is 0 Å². The molecule has 0 radical (unpaired) electrons. The van der Waals surface area contributed by atoms with E-state index >= 15 is 0 Å². The molecule has 7 N–H and O–H groups in total. The van der Waals surface area contributed by atoms with E-state index in [1.54, 1.807) is 0 Å². The molecule has 0 saturated carbocycles. The monoisotopic (exact) mass is 534 g/mol. The summed E-state index contributed by atoms with van der Waals surface area (Å²) in [6.45, 7) is 1.88. The Kier molecular flexibility index (Phi) is 7.64. The van der Waals surface area contributed by atoms with E-state index in [9.17, 15) is 45.3 Å². The number of carbonyl (C=O) groups excluding carboxylic acids is 1. The van der Waals surface area contributed by atoms with Gasteiger partial charge < -0.3 is 54.4 Å². The third-order valence-electron chi connectivity index (χ3n) is 5.93. The molecule has 1 fully saturated rings. The molecule has 2 aromatic carbocycles. The average molecular weight is 534 g/mol. The lowest BCUT2D eigenvalue weighted by molar-refractivity contribution is -0.272. The Bertz CT molecular complexity index is 1400. The summed E-state index contributed by atoms with van der Waals surface area (Å²) >= 11 is 0. The molecule has 2 heterocycles. The van der Waals surface area contributed by atoms with Crippen LogP contribution in [0, 0.1) is 0 Å². The van der Waals surface area contributed by atoms with Crippen molar-refractivity contribution in [2.24, 2.45) is 0 Å². The zero-order chi connectivity index (χ0) is 27.7. The second kappa shape index (κ2) is 10.8. The van der Waals surface area contributed by atoms with Crippen LogP contribution < -0.4 is 10.2 Å². The van der Waals surface area contributed by atoms with Gasteiger partial charge in [0.2, 0.25) is 17.5 Å². The van der Waals surface area contributed by atoms with Crippen molar-refractivity contribution in [2.75, 3.05) is 6.61 Å². The van der Waals surface area contributed by atoms with Crippen molar-refractivity contribution in [2.45, 2.75) is 50.5 Å². The van der Waals surface area contributed by atoms with Crippen LogP contribution >= 0.6 is 0 Å².